The van der Waals surface area contributed by atoms with E-state index in [0.717, 1.165) is 0 Å². The Labute approximate surface area is 150 Å². The van der Waals surface area contributed by atoms with Crippen molar-refractivity contribution in [2.24, 2.45) is 16.8 Å². The minimum absolute atomic E-state index is 0.124. The third-order valence-electron chi connectivity index (χ3n) is 3.63. The Morgan fingerprint density at radius 3 is 2.54 bits per heavy atom. The molecule has 1 saturated heterocycles. The Morgan fingerprint density at radius 1 is 1.35 bits per heavy atom. The topological polar surface area (TPSA) is 156 Å². The van der Waals surface area contributed by atoms with Gasteiger partial charge in [-0.25, -0.2) is 14.6 Å². The van der Waals surface area contributed by atoms with Crippen LogP contribution in [-0.2, 0) is 0 Å². The van der Waals surface area contributed by atoms with Crippen molar-refractivity contribution in [1.29, 1.82) is 0 Å². The predicted octanol–water partition coefficient (Wildman–Crippen LogP) is 0.262. The molecule has 0 aromatic carbocycles. The Kier molecular flexibility index (Phi) is 5.54. The molecule has 1 aromatic rings. The number of halogens is 2. The Bertz CT molecular complexity index is 670. The van der Waals surface area contributed by atoms with Gasteiger partial charge < -0.3 is 32.5 Å². The molecule has 0 unspecified atom stereocenters. The van der Waals surface area contributed by atoms with Gasteiger partial charge in [-0.05, 0) is 20.8 Å². The Morgan fingerprint density at radius 2 is 2.04 bits per heavy atom. The summed E-state index contributed by atoms with van der Waals surface area (Å²) >= 11 is 0. The number of rotatable bonds is 5. The van der Waals surface area contributed by atoms with Gasteiger partial charge in [0.2, 0.25) is 5.95 Å². The Balaban J connectivity index is 2.36. The maximum Gasteiger partial charge on any atom is 0.266 e. The van der Waals surface area contributed by atoms with Crippen LogP contribution in [0.1, 0.15) is 27.2 Å². The lowest BCUT2D eigenvalue weighted by molar-refractivity contribution is 0.0257. The van der Waals surface area contributed by atoms with E-state index < -0.39 is 12.5 Å². The fourth-order valence-corrected chi connectivity index (χ4v) is 2.44. The highest BCUT2D eigenvalue weighted by atomic mass is 19.3. The summed E-state index contributed by atoms with van der Waals surface area (Å²) < 4.78 is 27.2. The van der Waals surface area contributed by atoms with E-state index in [2.05, 4.69) is 31.1 Å². The first kappa shape index (κ1) is 19.7. The highest BCUT2D eigenvalue weighted by molar-refractivity contribution is 5.87. The average Bonchev–Trinajstić information content (AvgIpc) is 2.89. The monoisotopic (exact) mass is 372 g/mol. The number of nitrogens with one attached hydrogen (secondary N) is 3. The first-order chi connectivity index (χ1) is 12.0. The highest BCUT2D eigenvalue weighted by Gasteiger charge is 2.40. The molecule has 9 N–H and O–H groups in total. The third kappa shape index (κ3) is 4.94. The zero-order valence-corrected chi connectivity index (χ0v) is 15.1. The van der Waals surface area contributed by atoms with Gasteiger partial charge in [-0.3, -0.25) is 0 Å². The molecular formula is C14H26F2N10. The summed E-state index contributed by atoms with van der Waals surface area (Å²) in [6, 6.07) is 0. The van der Waals surface area contributed by atoms with Gasteiger partial charge in [0.1, 0.15) is 5.69 Å². The zero-order valence-electron chi connectivity index (χ0n) is 15.1. The van der Waals surface area contributed by atoms with Gasteiger partial charge in [0.05, 0.1) is 13.1 Å². The number of nitrogen functional groups attached to an aromatic ring is 1. The van der Waals surface area contributed by atoms with Crippen molar-refractivity contribution in [3.63, 3.8) is 0 Å². The molecule has 1 aliphatic heterocycles. The number of anilines is 4. The summed E-state index contributed by atoms with van der Waals surface area (Å²) in [5, 5.41) is 9.52. The molecule has 1 aliphatic rings. The number of hydrazone groups is 1. The molecular weight excluding hydrogens is 346 g/mol. The van der Waals surface area contributed by atoms with Crippen LogP contribution < -0.4 is 38.4 Å². The van der Waals surface area contributed by atoms with Crippen LogP contribution in [0.5, 0.6) is 0 Å². The molecule has 0 spiro atoms. The van der Waals surface area contributed by atoms with E-state index in [9.17, 15) is 8.78 Å². The van der Waals surface area contributed by atoms with Gasteiger partial charge in [0, 0.05) is 18.5 Å². The standard InChI is InChI=1S/C14H26F2N10/c1-13(2,3)23-12-21-10(20-6-8(24-18)25-19)9(17)11(22-12)26-5-4-14(15,16)7-26/h4-7,17-19H2,1-3H3,(H,24,25)(H2,20,21,22,23). The number of aromatic nitrogens is 2. The van der Waals surface area contributed by atoms with Crippen molar-refractivity contribution in [2.45, 2.75) is 38.7 Å². The summed E-state index contributed by atoms with van der Waals surface area (Å²) in [5.41, 5.74) is 8.29. The maximum absolute atomic E-state index is 13.6. The second kappa shape index (κ2) is 7.32. The summed E-state index contributed by atoms with van der Waals surface area (Å²) in [7, 11) is 0. The molecule has 0 aliphatic carbocycles. The minimum atomic E-state index is -2.77. The lowest BCUT2D eigenvalue weighted by atomic mass is 10.1. The van der Waals surface area contributed by atoms with Crippen LogP contribution in [0, 0.1) is 0 Å². The van der Waals surface area contributed by atoms with Gasteiger partial charge in [-0.1, -0.05) is 0 Å². The largest absolute Gasteiger partial charge is 0.393 e. The van der Waals surface area contributed by atoms with E-state index in [4.69, 9.17) is 17.4 Å². The Hall–Kier alpha value is -2.63. The van der Waals surface area contributed by atoms with Crippen molar-refractivity contribution >= 4 is 29.1 Å². The molecule has 0 atom stereocenters. The molecule has 1 fully saturated rings. The molecule has 12 heteroatoms. The van der Waals surface area contributed by atoms with Crippen LogP contribution in [0.2, 0.25) is 0 Å². The molecule has 2 heterocycles. The van der Waals surface area contributed by atoms with Crippen LogP contribution in [0.4, 0.5) is 32.1 Å². The fraction of sp³-hybridized carbons (Fsp3) is 0.643. The number of hydrazine groups is 1. The normalized spacial score (nSPS) is 17.3. The van der Waals surface area contributed by atoms with Crippen molar-refractivity contribution in [3.8, 4) is 0 Å². The van der Waals surface area contributed by atoms with E-state index in [1.165, 1.54) is 4.90 Å². The van der Waals surface area contributed by atoms with Gasteiger partial charge >= 0.3 is 0 Å². The molecule has 1 aromatic heterocycles. The zero-order chi connectivity index (χ0) is 19.5. The molecule has 10 nitrogen and oxygen atoms in total. The van der Waals surface area contributed by atoms with Crippen LogP contribution in [0.15, 0.2) is 5.10 Å². The second-order valence-corrected chi connectivity index (χ2v) is 7.11. The van der Waals surface area contributed by atoms with Gasteiger partial charge in [0.25, 0.3) is 5.92 Å². The molecule has 26 heavy (non-hydrogen) atoms. The van der Waals surface area contributed by atoms with Crippen LogP contribution >= 0.6 is 0 Å². The van der Waals surface area contributed by atoms with E-state index in [0.29, 0.717) is 0 Å². The van der Waals surface area contributed by atoms with E-state index >= 15 is 0 Å². The molecule has 0 radical (unpaired) electrons. The molecule has 2 rings (SSSR count). The van der Waals surface area contributed by atoms with Gasteiger partial charge in [-0.15, -0.1) is 0 Å². The van der Waals surface area contributed by atoms with Gasteiger partial charge in [-0.2, -0.15) is 15.1 Å². The molecule has 0 saturated carbocycles. The second-order valence-electron chi connectivity index (χ2n) is 7.11. The van der Waals surface area contributed by atoms with Crippen LogP contribution in [0.3, 0.4) is 0 Å². The van der Waals surface area contributed by atoms with Crippen LogP contribution in [-0.4, -0.2) is 46.9 Å². The molecule has 146 valence electrons. The number of hydrogen-bond acceptors (Lipinski definition) is 9. The number of nitrogens with two attached hydrogens (primary N) is 3. The number of nitrogens with zero attached hydrogens (tertiary/aromatic N) is 4. The fourth-order valence-electron chi connectivity index (χ4n) is 2.44. The SMILES string of the molecule is CC(C)(C)Nc1nc(NC/C(=N/N)NN)c(N)c(N2CCC(F)(F)C2)n1. The number of amidine groups is 1. The first-order valence-corrected chi connectivity index (χ1v) is 8.10. The van der Waals surface area contributed by atoms with Crippen LogP contribution in [0.25, 0.3) is 0 Å². The predicted molar refractivity (Wildman–Crippen MR) is 99.0 cm³/mol. The van der Waals surface area contributed by atoms with Gasteiger partial charge in [0.15, 0.2) is 17.5 Å². The third-order valence-corrected chi connectivity index (χ3v) is 3.63. The maximum atomic E-state index is 13.6. The van der Waals surface area contributed by atoms with Crippen molar-refractivity contribution in [2.75, 3.05) is 40.9 Å². The van der Waals surface area contributed by atoms with E-state index in [1.807, 2.05) is 20.8 Å². The quantitative estimate of drug-likeness (QED) is 0.185. The summed E-state index contributed by atoms with van der Waals surface area (Å²) in [5.74, 6) is 8.77. The molecule has 0 bridgehead atoms. The highest BCUT2D eigenvalue weighted by Crippen LogP contribution is 2.35. The first-order valence-electron chi connectivity index (χ1n) is 8.10. The van der Waals surface area contributed by atoms with Crippen molar-refractivity contribution in [3.05, 3.63) is 0 Å². The average molecular weight is 372 g/mol. The minimum Gasteiger partial charge on any atom is -0.393 e. The summed E-state index contributed by atoms with van der Waals surface area (Å²) in [6.45, 7) is 5.63. The van der Waals surface area contributed by atoms with Crippen molar-refractivity contribution < 1.29 is 8.78 Å². The lowest BCUT2D eigenvalue weighted by Gasteiger charge is -2.25. The van der Waals surface area contributed by atoms with Crippen molar-refractivity contribution in [1.82, 2.24) is 15.4 Å². The van der Waals surface area contributed by atoms with E-state index in [-0.39, 0.29) is 54.2 Å². The summed E-state index contributed by atoms with van der Waals surface area (Å²) in [4.78, 5) is 10.1. The lowest BCUT2D eigenvalue weighted by Crippen LogP contribution is -2.37. The van der Waals surface area contributed by atoms with E-state index in [1.54, 1.807) is 0 Å². The smallest absolute Gasteiger partial charge is 0.266 e. The number of alkyl halides is 2. The number of hydrogen-bond donors (Lipinski definition) is 6. The molecule has 0 amide bonds. The summed E-state index contributed by atoms with van der Waals surface area (Å²) in [6.07, 6.45) is -0.248.